The van der Waals surface area contributed by atoms with Crippen LogP contribution in [0.4, 0.5) is 0 Å². The average Bonchev–Trinajstić information content (AvgIpc) is 2.27. The molecule has 0 amide bonds. The van der Waals surface area contributed by atoms with Gasteiger partial charge in [0.25, 0.3) is 0 Å². The maximum absolute atomic E-state index is 10.4. The Labute approximate surface area is 106 Å². The third-order valence-corrected chi connectivity index (χ3v) is 3.03. The van der Waals surface area contributed by atoms with Crippen LogP contribution in [-0.2, 0) is 4.79 Å². The Kier molecular flexibility index (Phi) is 4.97. The van der Waals surface area contributed by atoms with E-state index in [-0.39, 0.29) is 24.0 Å². The van der Waals surface area contributed by atoms with Crippen molar-refractivity contribution in [2.45, 2.75) is 25.8 Å². The summed E-state index contributed by atoms with van der Waals surface area (Å²) >= 11 is 0. The van der Waals surface area contributed by atoms with Crippen LogP contribution in [0, 0.1) is 0 Å². The quantitative estimate of drug-likeness (QED) is 0.722. The van der Waals surface area contributed by atoms with Crippen LogP contribution in [0.5, 0.6) is 11.5 Å². The summed E-state index contributed by atoms with van der Waals surface area (Å²) < 4.78 is 0. The SMILES string of the molecule is CC(c1ccc(O)cc1O)N(C)CCCC(=O)O. The van der Waals surface area contributed by atoms with Crippen molar-refractivity contribution in [3.8, 4) is 11.5 Å². The Bertz CT molecular complexity index is 419. The third kappa shape index (κ3) is 3.92. The average molecular weight is 253 g/mol. The van der Waals surface area contributed by atoms with E-state index in [9.17, 15) is 15.0 Å². The highest BCUT2D eigenvalue weighted by Gasteiger charge is 2.15. The predicted octanol–water partition coefficient (Wildman–Crippen LogP) is 1.96. The standard InChI is InChI=1S/C13H19NO4/c1-9(14(2)7-3-4-13(17)18)11-6-5-10(15)8-12(11)16/h5-6,8-9,15-16H,3-4,7H2,1-2H3,(H,17,18). The van der Waals surface area contributed by atoms with Crippen molar-refractivity contribution in [1.82, 2.24) is 4.90 Å². The van der Waals surface area contributed by atoms with Gasteiger partial charge in [0.05, 0.1) is 0 Å². The Morgan fingerprint density at radius 3 is 2.61 bits per heavy atom. The van der Waals surface area contributed by atoms with Gasteiger partial charge in [0.1, 0.15) is 11.5 Å². The fraction of sp³-hybridized carbons (Fsp3) is 0.462. The number of carbonyl (C=O) groups is 1. The van der Waals surface area contributed by atoms with Gasteiger partial charge in [-0.05, 0) is 33.0 Å². The van der Waals surface area contributed by atoms with Crippen LogP contribution >= 0.6 is 0 Å². The molecule has 5 heteroatoms. The molecule has 0 heterocycles. The Morgan fingerprint density at radius 2 is 2.06 bits per heavy atom. The number of phenolic OH excluding ortho intramolecular Hbond substituents is 2. The van der Waals surface area contributed by atoms with Gasteiger partial charge in [-0.1, -0.05) is 6.07 Å². The molecule has 0 aliphatic carbocycles. The second-order valence-electron chi connectivity index (χ2n) is 4.40. The summed E-state index contributed by atoms with van der Waals surface area (Å²) in [5.74, 6) is -0.729. The van der Waals surface area contributed by atoms with Gasteiger partial charge < -0.3 is 15.3 Å². The largest absolute Gasteiger partial charge is 0.508 e. The molecule has 100 valence electrons. The zero-order valence-electron chi connectivity index (χ0n) is 10.6. The number of hydrogen-bond acceptors (Lipinski definition) is 4. The van der Waals surface area contributed by atoms with Gasteiger partial charge in [-0.2, -0.15) is 0 Å². The lowest BCUT2D eigenvalue weighted by molar-refractivity contribution is -0.137. The molecule has 0 radical (unpaired) electrons. The van der Waals surface area contributed by atoms with E-state index >= 15 is 0 Å². The van der Waals surface area contributed by atoms with Crippen LogP contribution in [0.3, 0.4) is 0 Å². The highest BCUT2D eigenvalue weighted by Crippen LogP contribution is 2.30. The number of rotatable bonds is 6. The van der Waals surface area contributed by atoms with Crippen LogP contribution in [0.25, 0.3) is 0 Å². The van der Waals surface area contributed by atoms with Crippen molar-refractivity contribution in [3.63, 3.8) is 0 Å². The van der Waals surface area contributed by atoms with E-state index in [1.807, 2.05) is 18.9 Å². The summed E-state index contributed by atoms with van der Waals surface area (Å²) in [4.78, 5) is 12.4. The second-order valence-corrected chi connectivity index (χ2v) is 4.40. The van der Waals surface area contributed by atoms with Crippen molar-refractivity contribution in [1.29, 1.82) is 0 Å². The van der Waals surface area contributed by atoms with Gasteiger partial charge >= 0.3 is 5.97 Å². The molecule has 1 aromatic rings. The van der Waals surface area contributed by atoms with Crippen molar-refractivity contribution in [2.75, 3.05) is 13.6 Å². The Balaban J connectivity index is 2.62. The lowest BCUT2D eigenvalue weighted by Gasteiger charge is -2.25. The van der Waals surface area contributed by atoms with E-state index in [1.165, 1.54) is 12.1 Å². The fourth-order valence-electron chi connectivity index (χ4n) is 1.80. The predicted molar refractivity (Wildman–Crippen MR) is 67.7 cm³/mol. The molecule has 0 spiro atoms. The van der Waals surface area contributed by atoms with E-state index in [4.69, 9.17) is 5.11 Å². The first-order valence-corrected chi connectivity index (χ1v) is 5.85. The molecule has 0 saturated heterocycles. The van der Waals surface area contributed by atoms with Crippen LogP contribution < -0.4 is 0 Å². The molecule has 1 unspecified atom stereocenters. The molecule has 0 fully saturated rings. The molecule has 0 bridgehead atoms. The maximum Gasteiger partial charge on any atom is 0.303 e. The fourth-order valence-corrected chi connectivity index (χ4v) is 1.80. The zero-order valence-corrected chi connectivity index (χ0v) is 10.6. The summed E-state index contributed by atoms with van der Waals surface area (Å²) in [7, 11) is 1.87. The highest BCUT2D eigenvalue weighted by molar-refractivity contribution is 5.66. The maximum atomic E-state index is 10.4. The molecule has 0 aliphatic rings. The molecule has 3 N–H and O–H groups in total. The van der Waals surface area contributed by atoms with E-state index in [0.717, 1.165) is 0 Å². The Morgan fingerprint density at radius 1 is 1.39 bits per heavy atom. The van der Waals surface area contributed by atoms with Gasteiger partial charge in [-0.15, -0.1) is 0 Å². The molecule has 1 aromatic carbocycles. The molecule has 1 rings (SSSR count). The van der Waals surface area contributed by atoms with Crippen LogP contribution in [0.2, 0.25) is 0 Å². The number of benzene rings is 1. The molecular weight excluding hydrogens is 234 g/mol. The van der Waals surface area contributed by atoms with Crippen LogP contribution in [-0.4, -0.2) is 39.8 Å². The number of carboxylic acid groups (broad SMARTS) is 1. The lowest BCUT2D eigenvalue weighted by Crippen LogP contribution is -2.24. The van der Waals surface area contributed by atoms with Crippen molar-refractivity contribution in [2.24, 2.45) is 0 Å². The van der Waals surface area contributed by atoms with Gasteiger partial charge in [0.2, 0.25) is 0 Å². The second kappa shape index (κ2) is 6.26. The summed E-state index contributed by atoms with van der Waals surface area (Å²) in [6.45, 7) is 2.56. The number of aromatic hydroxyl groups is 2. The highest BCUT2D eigenvalue weighted by atomic mass is 16.4. The van der Waals surface area contributed by atoms with E-state index in [0.29, 0.717) is 18.5 Å². The summed E-state index contributed by atoms with van der Waals surface area (Å²) in [5.41, 5.74) is 0.714. The number of nitrogens with zero attached hydrogens (tertiary/aromatic N) is 1. The van der Waals surface area contributed by atoms with Crippen LogP contribution in [0.1, 0.15) is 31.4 Å². The van der Waals surface area contributed by atoms with E-state index in [2.05, 4.69) is 0 Å². The summed E-state index contributed by atoms with van der Waals surface area (Å²) in [6, 6.07) is 4.45. The molecule has 0 aromatic heterocycles. The number of aliphatic carboxylic acids is 1. The zero-order chi connectivity index (χ0) is 13.7. The van der Waals surface area contributed by atoms with Crippen LogP contribution in [0.15, 0.2) is 18.2 Å². The summed E-state index contributed by atoms with van der Waals surface area (Å²) in [5, 5.41) is 27.5. The number of carboxylic acids is 1. The van der Waals surface area contributed by atoms with Crippen molar-refractivity contribution >= 4 is 5.97 Å². The third-order valence-electron chi connectivity index (χ3n) is 3.03. The monoisotopic (exact) mass is 253 g/mol. The molecule has 0 aliphatic heterocycles. The first-order valence-electron chi connectivity index (χ1n) is 5.85. The minimum Gasteiger partial charge on any atom is -0.508 e. The minimum absolute atomic E-state index is 0.0250. The number of hydrogen-bond donors (Lipinski definition) is 3. The molecule has 0 saturated carbocycles. The van der Waals surface area contributed by atoms with Crippen molar-refractivity contribution < 1.29 is 20.1 Å². The molecule has 18 heavy (non-hydrogen) atoms. The molecule has 5 nitrogen and oxygen atoms in total. The molecular formula is C13H19NO4. The smallest absolute Gasteiger partial charge is 0.303 e. The van der Waals surface area contributed by atoms with E-state index < -0.39 is 5.97 Å². The minimum atomic E-state index is -0.802. The summed E-state index contributed by atoms with van der Waals surface area (Å²) in [6.07, 6.45) is 0.702. The topological polar surface area (TPSA) is 81.0 Å². The normalized spacial score (nSPS) is 12.6. The van der Waals surface area contributed by atoms with E-state index in [1.54, 1.807) is 6.07 Å². The number of phenols is 2. The van der Waals surface area contributed by atoms with Gasteiger partial charge in [0.15, 0.2) is 0 Å². The van der Waals surface area contributed by atoms with Gasteiger partial charge in [0, 0.05) is 24.1 Å². The molecule has 1 atom stereocenters. The first kappa shape index (κ1) is 14.3. The Hall–Kier alpha value is -1.75. The van der Waals surface area contributed by atoms with Gasteiger partial charge in [-0.25, -0.2) is 0 Å². The first-order chi connectivity index (χ1) is 8.41. The van der Waals surface area contributed by atoms with Gasteiger partial charge in [-0.3, -0.25) is 9.69 Å². The lowest BCUT2D eigenvalue weighted by atomic mass is 10.1. The van der Waals surface area contributed by atoms with Crippen molar-refractivity contribution in [3.05, 3.63) is 23.8 Å².